The lowest BCUT2D eigenvalue weighted by atomic mass is 10.0. The standard InChI is InChI=1S/C8H13NO2/c10-8-9-5-7(11-8)6-3-1-2-4-6/h6-7H,1-5H2,(H,9,10)/t7-/m0/s1. The molecule has 0 radical (unpaired) electrons. The zero-order chi connectivity index (χ0) is 7.68. The van der Waals surface area contributed by atoms with E-state index >= 15 is 0 Å². The Bertz CT molecular complexity index is 163. The van der Waals surface area contributed by atoms with Gasteiger partial charge in [-0.05, 0) is 18.8 Å². The molecule has 1 aliphatic carbocycles. The molecule has 2 fully saturated rings. The lowest BCUT2D eigenvalue weighted by Crippen LogP contribution is -2.22. The van der Waals surface area contributed by atoms with Crippen LogP contribution in [0.1, 0.15) is 25.7 Å². The predicted octanol–water partition coefficient (Wildman–Crippen LogP) is 1.28. The molecule has 1 heterocycles. The lowest BCUT2D eigenvalue weighted by Gasteiger charge is -2.14. The van der Waals surface area contributed by atoms with Gasteiger partial charge in [-0.2, -0.15) is 0 Å². The van der Waals surface area contributed by atoms with Gasteiger partial charge in [-0.15, -0.1) is 0 Å². The summed E-state index contributed by atoms with van der Waals surface area (Å²) in [6.45, 7) is 0.726. The largest absolute Gasteiger partial charge is 0.444 e. The van der Waals surface area contributed by atoms with Gasteiger partial charge in [0.15, 0.2) is 0 Å². The molecule has 1 saturated heterocycles. The molecule has 0 unspecified atom stereocenters. The molecule has 0 aromatic heterocycles. The highest BCUT2D eigenvalue weighted by molar-refractivity contribution is 5.69. The first-order valence-corrected chi connectivity index (χ1v) is 4.31. The molecule has 1 aliphatic heterocycles. The van der Waals surface area contributed by atoms with E-state index in [0.717, 1.165) is 6.54 Å². The normalized spacial score (nSPS) is 32.0. The quantitative estimate of drug-likeness (QED) is 0.619. The first-order valence-electron chi connectivity index (χ1n) is 4.31. The average Bonchev–Trinajstić information content (AvgIpc) is 2.55. The number of nitrogens with one attached hydrogen (secondary N) is 1. The number of ether oxygens (including phenoxy) is 1. The Morgan fingerprint density at radius 1 is 1.36 bits per heavy atom. The number of carbonyl (C=O) groups is 1. The van der Waals surface area contributed by atoms with E-state index < -0.39 is 0 Å². The molecule has 1 amide bonds. The Balaban J connectivity index is 1.90. The van der Waals surface area contributed by atoms with Gasteiger partial charge >= 0.3 is 6.09 Å². The van der Waals surface area contributed by atoms with Gasteiger partial charge in [0.1, 0.15) is 6.10 Å². The third kappa shape index (κ3) is 1.32. The minimum atomic E-state index is -0.234. The summed E-state index contributed by atoms with van der Waals surface area (Å²) in [5.41, 5.74) is 0. The zero-order valence-electron chi connectivity index (χ0n) is 6.51. The fourth-order valence-corrected chi connectivity index (χ4v) is 2.00. The van der Waals surface area contributed by atoms with Crippen LogP contribution in [-0.4, -0.2) is 18.7 Å². The van der Waals surface area contributed by atoms with Crippen molar-refractivity contribution >= 4 is 6.09 Å². The van der Waals surface area contributed by atoms with Crippen molar-refractivity contribution in [2.75, 3.05) is 6.54 Å². The number of rotatable bonds is 1. The fraction of sp³-hybridized carbons (Fsp3) is 0.875. The SMILES string of the molecule is O=C1NC[C@@H](C2CCCC2)O1. The van der Waals surface area contributed by atoms with Crippen molar-refractivity contribution in [3.05, 3.63) is 0 Å². The van der Waals surface area contributed by atoms with E-state index in [4.69, 9.17) is 4.74 Å². The fourth-order valence-electron chi connectivity index (χ4n) is 2.00. The van der Waals surface area contributed by atoms with Gasteiger partial charge in [0.2, 0.25) is 0 Å². The maximum atomic E-state index is 10.7. The molecule has 1 atom stereocenters. The van der Waals surface area contributed by atoms with Crippen LogP contribution in [-0.2, 0) is 4.74 Å². The summed E-state index contributed by atoms with van der Waals surface area (Å²) in [5, 5.41) is 2.69. The minimum Gasteiger partial charge on any atom is -0.444 e. The molecule has 0 aromatic rings. The number of hydrogen-bond acceptors (Lipinski definition) is 2. The van der Waals surface area contributed by atoms with E-state index in [-0.39, 0.29) is 12.2 Å². The van der Waals surface area contributed by atoms with Crippen LogP contribution in [0.5, 0.6) is 0 Å². The number of cyclic esters (lactones) is 1. The van der Waals surface area contributed by atoms with Gasteiger partial charge in [-0.25, -0.2) is 4.79 Å². The Labute approximate surface area is 66.1 Å². The van der Waals surface area contributed by atoms with Crippen LogP contribution in [0.3, 0.4) is 0 Å². The molecule has 2 aliphatic rings. The van der Waals surface area contributed by atoms with Crippen LogP contribution in [0.2, 0.25) is 0 Å². The molecule has 0 aromatic carbocycles. The molecule has 3 nitrogen and oxygen atoms in total. The van der Waals surface area contributed by atoms with Crippen molar-refractivity contribution in [3.63, 3.8) is 0 Å². The smallest absolute Gasteiger partial charge is 0.407 e. The van der Waals surface area contributed by atoms with E-state index in [0.29, 0.717) is 5.92 Å². The molecular formula is C8H13NO2. The molecule has 0 bridgehead atoms. The monoisotopic (exact) mass is 155 g/mol. The summed E-state index contributed by atoms with van der Waals surface area (Å²) >= 11 is 0. The number of carbonyl (C=O) groups excluding carboxylic acids is 1. The summed E-state index contributed by atoms with van der Waals surface area (Å²) in [5.74, 6) is 0.633. The highest BCUT2D eigenvalue weighted by atomic mass is 16.6. The highest BCUT2D eigenvalue weighted by Gasteiger charge is 2.32. The summed E-state index contributed by atoms with van der Waals surface area (Å²) in [4.78, 5) is 10.7. The van der Waals surface area contributed by atoms with E-state index in [1.807, 2.05) is 0 Å². The van der Waals surface area contributed by atoms with Crippen molar-refractivity contribution < 1.29 is 9.53 Å². The van der Waals surface area contributed by atoms with Gasteiger partial charge in [-0.1, -0.05) is 12.8 Å². The van der Waals surface area contributed by atoms with Gasteiger partial charge in [0.05, 0.1) is 6.54 Å². The van der Waals surface area contributed by atoms with Gasteiger partial charge in [0, 0.05) is 0 Å². The van der Waals surface area contributed by atoms with Crippen molar-refractivity contribution in [3.8, 4) is 0 Å². The maximum absolute atomic E-state index is 10.7. The molecular weight excluding hydrogens is 142 g/mol. The van der Waals surface area contributed by atoms with Crippen LogP contribution in [0.15, 0.2) is 0 Å². The highest BCUT2D eigenvalue weighted by Crippen LogP contribution is 2.30. The minimum absolute atomic E-state index is 0.171. The lowest BCUT2D eigenvalue weighted by molar-refractivity contribution is 0.106. The van der Waals surface area contributed by atoms with Gasteiger partial charge < -0.3 is 10.1 Å². The van der Waals surface area contributed by atoms with Gasteiger partial charge in [0.25, 0.3) is 0 Å². The topological polar surface area (TPSA) is 38.3 Å². The molecule has 1 N–H and O–H groups in total. The molecule has 2 rings (SSSR count). The van der Waals surface area contributed by atoms with Crippen LogP contribution in [0, 0.1) is 5.92 Å². The first kappa shape index (κ1) is 6.95. The number of hydrogen-bond donors (Lipinski definition) is 1. The predicted molar refractivity (Wildman–Crippen MR) is 40.2 cm³/mol. The van der Waals surface area contributed by atoms with E-state index in [2.05, 4.69) is 5.32 Å². The molecule has 3 heteroatoms. The summed E-state index contributed by atoms with van der Waals surface area (Å²) in [6, 6.07) is 0. The van der Waals surface area contributed by atoms with Crippen LogP contribution >= 0.6 is 0 Å². The maximum Gasteiger partial charge on any atom is 0.407 e. The van der Waals surface area contributed by atoms with E-state index in [1.54, 1.807) is 0 Å². The third-order valence-electron chi connectivity index (χ3n) is 2.63. The Morgan fingerprint density at radius 2 is 2.09 bits per heavy atom. The summed E-state index contributed by atoms with van der Waals surface area (Å²) < 4.78 is 5.10. The Kier molecular flexibility index (Phi) is 1.72. The molecule has 11 heavy (non-hydrogen) atoms. The zero-order valence-corrected chi connectivity index (χ0v) is 6.51. The number of amides is 1. The Morgan fingerprint density at radius 3 is 2.64 bits per heavy atom. The molecule has 1 saturated carbocycles. The third-order valence-corrected chi connectivity index (χ3v) is 2.63. The van der Waals surface area contributed by atoms with Crippen molar-refractivity contribution in [2.24, 2.45) is 5.92 Å². The van der Waals surface area contributed by atoms with Crippen molar-refractivity contribution in [1.82, 2.24) is 5.32 Å². The second kappa shape index (κ2) is 2.72. The van der Waals surface area contributed by atoms with Crippen LogP contribution in [0.4, 0.5) is 4.79 Å². The van der Waals surface area contributed by atoms with Crippen molar-refractivity contribution in [2.45, 2.75) is 31.8 Å². The van der Waals surface area contributed by atoms with Gasteiger partial charge in [-0.3, -0.25) is 0 Å². The van der Waals surface area contributed by atoms with E-state index in [1.165, 1.54) is 25.7 Å². The summed E-state index contributed by atoms with van der Waals surface area (Å²) in [7, 11) is 0. The molecule has 62 valence electrons. The summed E-state index contributed by atoms with van der Waals surface area (Å²) in [6.07, 6.45) is 5.02. The molecule has 0 spiro atoms. The number of alkyl carbamates (subject to hydrolysis) is 1. The first-order chi connectivity index (χ1) is 5.36. The van der Waals surface area contributed by atoms with Crippen LogP contribution in [0.25, 0.3) is 0 Å². The average molecular weight is 155 g/mol. The second-order valence-corrected chi connectivity index (χ2v) is 3.37. The van der Waals surface area contributed by atoms with E-state index in [9.17, 15) is 4.79 Å². The second-order valence-electron chi connectivity index (χ2n) is 3.37. The van der Waals surface area contributed by atoms with Crippen LogP contribution < -0.4 is 5.32 Å². The van der Waals surface area contributed by atoms with Crippen molar-refractivity contribution in [1.29, 1.82) is 0 Å². The Hall–Kier alpha value is -0.730.